The third-order valence-corrected chi connectivity index (χ3v) is 7.23. The Hall–Kier alpha value is -2.61. The summed E-state index contributed by atoms with van der Waals surface area (Å²) in [6.45, 7) is 12.7. The van der Waals surface area contributed by atoms with Crippen LogP contribution in [-0.4, -0.2) is 23.9 Å². The van der Waals surface area contributed by atoms with Gasteiger partial charge in [0.1, 0.15) is 7.05 Å². The van der Waals surface area contributed by atoms with Gasteiger partial charge >= 0.3 is 0 Å². The molecule has 162 valence electrons. The van der Waals surface area contributed by atoms with Crippen LogP contribution in [0.2, 0.25) is 0 Å². The van der Waals surface area contributed by atoms with Gasteiger partial charge in [-0.3, -0.25) is 0 Å². The molecule has 2 aromatic rings. The van der Waals surface area contributed by atoms with Crippen molar-refractivity contribution in [1.82, 2.24) is 0 Å². The quantitative estimate of drug-likeness (QED) is 0.361. The highest BCUT2D eigenvalue weighted by molar-refractivity contribution is 6.03. The van der Waals surface area contributed by atoms with E-state index in [0.29, 0.717) is 0 Å². The number of allylic oxidation sites excluding steroid dienone is 4. The number of hydrogen-bond acceptors (Lipinski definition) is 1. The molecule has 0 bridgehead atoms. The molecule has 0 unspecified atom stereocenters. The van der Waals surface area contributed by atoms with Crippen LogP contribution >= 0.6 is 0 Å². The molecule has 2 heteroatoms. The molecule has 2 nitrogen and oxygen atoms in total. The Bertz CT molecular complexity index is 1070. The molecule has 2 aliphatic heterocycles. The lowest BCUT2D eigenvalue weighted by Crippen LogP contribution is -2.27. The highest BCUT2D eigenvalue weighted by atomic mass is 15.2. The third-order valence-electron chi connectivity index (χ3n) is 7.23. The molecule has 0 N–H and O–H groups in total. The Balaban J connectivity index is 1.69. The van der Waals surface area contributed by atoms with Crippen LogP contribution in [0.5, 0.6) is 0 Å². The summed E-state index contributed by atoms with van der Waals surface area (Å²) in [4.78, 5) is 2.55. The van der Waals surface area contributed by atoms with Crippen molar-refractivity contribution in [1.29, 1.82) is 0 Å². The topological polar surface area (TPSA) is 6.25 Å². The number of para-hydroxylation sites is 2. The van der Waals surface area contributed by atoms with E-state index in [9.17, 15) is 0 Å². The molecule has 0 saturated heterocycles. The summed E-state index contributed by atoms with van der Waals surface area (Å²) >= 11 is 0. The minimum Gasteiger partial charge on any atom is -0.344 e. The van der Waals surface area contributed by atoms with Crippen molar-refractivity contribution in [2.75, 3.05) is 18.5 Å². The average molecular weight is 414 g/mol. The van der Waals surface area contributed by atoms with Crippen LogP contribution in [0.25, 0.3) is 0 Å². The largest absolute Gasteiger partial charge is 0.344 e. The van der Waals surface area contributed by atoms with E-state index in [-0.39, 0.29) is 10.8 Å². The SMILES string of the molecule is CCCCCN1/C(=C\C=C\C2=[N+](C)c3ccccc3C2(C)C)C(C)(C)c2ccccc21. The molecule has 2 aliphatic rings. The summed E-state index contributed by atoms with van der Waals surface area (Å²) in [5, 5.41) is 0. The lowest BCUT2D eigenvalue weighted by atomic mass is 9.81. The first-order valence-electron chi connectivity index (χ1n) is 11.8. The number of rotatable bonds is 6. The van der Waals surface area contributed by atoms with E-state index < -0.39 is 0 Å². The number of unbranched alkanes of at least 4 members (excludes halogenated alkanes) is 2. The van der Waals surface area contributed by atoms with Gasteiger partial charge in [0.05, 0.1) is 5.41 Å². The Kier molecular flexibility index (Phi) is 5.68. The van der Waals surface area contributed by atoms with E-state index in [1.165, 1.54) is 53.2 Å². The second-order valence-corrected chi connectivity index (χ2v) is 10.00. The highest BCUT2D eigenvalue weighted by Gasteiger charge is 2.43. The van der Waals surface area contributed by atoms with Crippen molar-refractivity contribution in [3.8, 4) is 0 Å². The summed E-state index contributed by atoms with van der Waals surface area (Å²) in [7, 11) is 2.19. The Morgan fingerprint density at radius 2 is 1.55 bits per heavy atom. The fourth-order valence-electron chi connectivity index (χ4n) is 5.43. The molecule has 0 aromatic heterocycles. The molecule has 2 heterocycles. The molecular formula is C29H37N2+. The molecule has 4 rings (SSSR count). The maximum Gasteiger partial charge on any atom is 0.209 e. The lowest BCUT2D eigenvalue weighted by molar-refractivity contribution is -0.401. The van der Waals surface area contributed by atoms with Crippen molar-refractivity contribution in [3.63, 3.8) is 0 Å². The first-order chi connectivity index (χ1) is 14.8. The van der Waals surface area contributed by atoms with E-state index in [2.05, 4.69) is 118 Å². The van der Waals surface area contributed by atoms with Gasteiger partial charge in [0.25, 0.3) is 0 Å². The zero-order valence-electron chi connectivity index (χ0n) is 20.1. The average Bonchev–Trinajstić information content (AvgIpc) is 3.09. The Morgan fingerprint density at radius 1 is 0.871 bits per heavy atom. The minimum atomic E-state index is 0.00925. The summed E-state index contributed by atoms with van der Waals surface area (Å²) in [6.07, 6.45) is 10.7. The molecule has 0 atom stereocenters. The van der Waals surface area contributed by atoms with E-state index in [0.717, 1.165) is 6.54 Å². The van der Waals surface area contributed by atoms with Gasteiger partial charge < -0.3 is 4.90 Å². The van der Waals surface area contributed by atoms with E-state index >= 15 is 0 Å². The van der Waals surface area contributed by atoms with Gasteiger partial charge in [-0.25, -0.2) is 0 Å². The van der Waals surface area contributed by atoms with Crippen LogP contribution in [0.3, 0.4) is 0 Å². The normalized spacial score (nSPS) is 20.1. The summed E-state index contributed by atoms with van der Waals surface area (Å²) < 4.78 is 2.35. The van der Waals surface area contributed by atoms with E-state index in [4.69, 9.17) is 0 Å². The third kappa shape index (κ3) is 3.56. The Morgan fingerprint density at radius 3 is 2.26 bits per heavy atom. The minimum absolute atomic E-state index is 0.00925. The zero-order chi connectivity index (χ0) is 22.2. The van der Waals surface area contributed by atoms with Gasteiger partial charge in [0.2, 0.25) is 5.69 Å². The van der Waals surface area contributed by atoms with Gasteiger partial charge in [0, 0.05) is 41.1 Å². The van der Waals surface area contributed by atoms with Crippen LogP contribution < -0.4 is 4.90 Å². The molecule has 0 saturated carbocycles. The second-order valence-electron chi connectivity index (χ2n) is 10.00. The van der Waals surface area contributed by atoms with Crippen molar-refractivity contribution in [3.05, 3.63) is 83.6 Å². The van der Waals surface area contributed by atoms with Crippen molar-refractivity contribution in [2.24, 2.45) is 0 Å². The van der Waals surface area contributed by atoms with E-state index in [1.54, 1.807) is 0 Å². The van der Waals surface area contributed by atoms with Gasteiger partial charge in [-0.2, -0.15) is 4.58 Å². The zero-order valence-corrected chi connectivity index (χ0v) is 20.1. The molecule has 0 aliphatic carbocycles. The van der Waals surface area contributed by atoms with Crippen molar-refractivity contribution in [2.45, 2.75) is 64.7 Å². The molecule has 0 fully saturated rings. The van der Waals surface area contributed by atoms with Crippen LogP contribution in [0.4, 0.5) is 11.4 Å². The van der Waals surface area contributed by atoms with Crippen molar-refractivity contribution >= 4 is 17.1 Å². The highest BCUT2D eigenvalue weighted by Crippen LogP contribution is 2.47. The van der Waals surface area contributed by atoms with Gasteiger partial charge in [-0.15, -0.1) is 0 Å². The van der Waals surface area contributed by atoms with Crippen LogP contribution in [0.1, 0.15) is 65.0 Å². The predicted octanol–water partition coefficient (Wildman–Crippen LogP) is 7.12. The fraction of sp³-hybridized carbons (Fsp3) is 0.414. The molecule has 0 amide bonds. The summed E-state index contributed by atoms with van der Waals surface area (Å²) in [6, 6.07) is 17.7. The van der Waals surface area contributed by atoms with E-state index in [1.807, 2.05) is 0 Å². The fourth-order valence-corrected chi connectivity index (χ4v) is 5.43. The Labute approximate surface area is 188 Å². The monoisotopic (exact) mass is 413 g/mol. The molecule has 2 aromatic carbocycles. The molecule has 0 radical (unpaired) electrons. The number of nitrogens with zero attached hydrogens (tertiary/aromatic N) is 2. The maximum atomic E-state index is 2.55. The van der Waals surface area contributed by atoms with Crippen LogP contribution in [0, 0.1) is 0 Å². The van der Waals surface area contributed by atoms with Gasteiger partial charge in [-0.05, 0) is 38.0 Å². The van der Waals surface area contributed by atoms with Gasteiger partial charge in [0.15, 0.2) is 5.71 Å². The predicted molar refractivity (Wildman–Crippen MR) is 134 cm³/mol. The number of fused-ring (bicyclic) bond motifs is 2. The summed E-state index contributed by atoms with van der Waals surface area (Å²) in [5.74, 6) is 0. The van der Waals surface area contributed by atoms with Gasteiger partial charge in [-0.1, -0.05) is 76.1 Å². The number of hydrogen-bond donors (Lipinski definition) is 0. The number of benzene rings is 2. The standard InChI is InChI=1S/C29H37N2/c1-7-8-13-21-31-25-18-12-10-16-23(25)29(4,5)27(31)20-14-19-26-28(2,3)22-15-9-11-17-24(22)30(26)6/h9-12,14-20H,7-8,13,21H2,1-6H3/q+1. The first kappa shape index (κ1) is 21.6. The molecule has 0 spiro atoms. The first-order valence-corrected chi connectivity index (χ1v) is 11.8. The van der Waals surface area contributed by atoms with Crippen LogP contribution in [-0.2, 0) is 10.8 Å². The number of anilines is 1. The summed E-state index contributed by atoms with van der Waals surface area (Å²) in [5.41, 5.74) is 8.29. The molecular weight excluding hydrogens is 376 g/mol. The van der Waals surface area contributed by atoms with Crippen molar-refractivity contribution < 1.29 is 4.58 Å². The molecule has 31 heavy (non-hydrogen) atoms. The second kappa shape index (κ2) is 8.15. The maximum absolute atomic E-state index is 2.55. The van der Waals surface area contributed by atoms with Crippen LogP contribution in [0.15, 0.2) is 72.5 Å². The lowest BCUT2D eigenvalue weighted by Gasteiger charge is -2.27. The smallest absolute Gasteiger partial charge is 0.209 e.